The number of hydrogen-bond acceptors (Lipinski definition) is 2. The van der Waals surface area contributed by atoms with Gasteiger partial charge >= 0.3 is 12.0 Å². The molecule has 0 spiro atoms. The van der Waals surface area contributed by atoms with Gasteiger partial charge in [-0.3, -0.25) is 4.79 Å². The molecule has 4 unspecified atom stereocenters. The summed E-state index contributed by atoms with van der Waals surface area (Å²) in [7, 11) is 0. The van der Waals surface area contributed by atoms with Crippen molar-refractivity contribution in [1.82, 2.24) is 10.6 Å². The van der Waals surface area contributed by atoms with Gasteiger partial charge < -0.3 is 15.7 Å². The highest BCUT2D eigenvalue weighted by Gasteiger charge is 2.32. The van der Waals surface area contributed by atoms with Crippen molar-refractivity contribution in [2.45, 2.75) is 59.4 Å². The summed E-state index contributed by atoms with van der Waals surface area (Å²) < 4.78 is 0. The normalized spacial score (nSPS) is 29.3. The highest BCUT2D eigenvalue weighted by atomic mass is 16.4. The van der Waals surface area contributed by atoms with Crippen molar-refractivity contribution in [1.29, 1.82) is 0 Å². The summed E-state index contributed by atoms with van der Waals surface area (Å²) in [6, 6.07) is -0.0544. The quantitative estimate of drug-likeness (QED) is 0.726. The Morgan fingerprint density at radius 2 is 1.95 bits per heavy atom. The van der Waals surface area contributed by atoms with Crippen LogP contribution in [0.2, 0.25) is 0 Å². The third kappa shape index (κ3) is 4.39. The van der Waals surface area contributed by atoms with Crippen LogP contribution in [-0.2, 0) is 4.79 Å². The Labute approximate surface area is 121 Å². The lowest BCUT2D eigenvalue weighted by molar-refractivity contribution is -0.147. The van der Waals surface area contributed by atoms with E-state index >= 15 is 0 Å². The van der Waals surface area contributed by atoms with Crippen LogP contribution in [0.4, 0.5) is 4.79 Å². The first-order valence-electron chi connectivity index (χ1n) is 7.56. The molecule has 3 N–H and O–H groups in total. The number of nitrogens with one attached hydrogen (secondary N) is 2. The van der Waals surface area contributed by atoms with E-state index in [4.69, 9.17) is 5.11 Å². The van der Waals surface area contributed by atoms with E-state index in [0.29, 0.717) is 12.3 Å². The molecule has 1 fully saturated rings. The third-order valence-electron chi connectivity index (χ3n) is 4.68. The molecule has 0 heterocycles. The fourth-order valence-electron chi connectivity index (χ4n) is 2.73. The van der Waals surface area contributed by atoms with Crippen LogP contribution in [0.25, 0.3) is 0 Å². The number of aliphatic carboxylic acids is 1. The zero-order valence-corrected chi connectivity index (χ0v) is 13.0. The fourth-order valence-corrected chi connectivity index (χ4v) is 2.73. The van der Waals surface area contributed by atoms with Gasteiger partial charge in [-0.15, -0.1) is 0 Å². The van der Waals surface area contributed by atoms with Crippen LogP contribution in [-0.4, -0.2) is 29.7 Å². The Bertz CT molecular complexity index is 359. The minimum atomic E-state index is -0.899. The Balaban J connectivity index is 2.42. The van der Waals surface area contributed by atoms with E-state index in [1.165, 1.54) is 0 Å². The molecular formula is C15H28N2O3. The maximum absolute atomic E-state index is 11.9. The first-order chi connectivity index (χ1) is 9.28. The van der Waals surface area contributed by atoms with Gasteiger partial charge in [-0.2, -0.15) is 0 Å². The average molecular weight is 284 g/mol. The molecule has 2 amide bonds. The van der Waals surface area contributed by atoms with E-state index in [0.717, 1.165) is 25.2 Å². The predicted octanol–water partition coefficient (Wildman–Crippen LogP) is 2.61. The van der Waals surface area contributed by atoms with Gasteiger partial charge in [-0.1, -0.05) is 20.8 Å². The van der Waals surface area contributed by atoms with Crippen molar-refractivity contribution in [3.8, 4) is 0 Å². The van der Waals surface area contributed by atoms with Crippen LogP contribution in [0.1, 0.15) is 53.4 Å². The molecule has 5 heteroatoms. The molecule has 0 aromatic heterocycles. The summed E-state index contributed by atoms with van der Waals surface area (Å²) in [4.78, 5) is 23.1. The van der Waals surface area contributed by atoms with Gasteiger partial charge in [0.15, 0.2) is 0 Å². The van der Waals surface area contributed by atoms with Gasteiger partial charge in [0, 0.05) is 12.6 Å². The molecule has 0 aromatic carbocycles. The number of carbonyl (C=O) groups excluding carboxylic acids is 1. The molecule has 4 atom stereocenters. The Hall–Kier alpha value is -1.26. The van der Waals surface area contributed by atoms with Crippen LogP contribution in [0.3, 0.4) is 0 Å². The minimum absolute atomic E-state index is 0.155. The van der Waals surface area contributed by atoms with E-state index < -0.39 is 11.4 Å². The molecule has 0 aliphatic heterocycles. The number of carbonyl (C=O) groups is 2. The molecule has 0 aromatic rings. The summed E-state index contributed by atoms with van der Waals surface area (Å²) >= 11 is 0. The first kappa shape index (κ1) is 16.8. The molecule has 116 valence electrons. The number of urea groups is 1. The summed E-state index contributed by atoms with van der Waals surface area (Å²) in [6.07, 6.45) is 3.75. The van der Waals surface area contributed by atoms with E-state index in [9.17, 15) is 9.59 Å². The van der Waals surface area contributed by atoms with Crippen LogP contribution in [0.15, 0.2) is 0 Å². The minimum Gasteiger partial charge on any atom is -0.481 e. The van der Waals surface area contributed by atoms with Crippen molar-refractivity contribution in [2.24, 2.45) is 17.3 Å². The molecule has 5 nitrogen and oxygen atoms in total. The number of carboxylic acid groups (broad SMARTS) is 1. The smallest absolute Gasteiger partial charge is 0.315 e. The third-order valence-corrected chi connectivity index (χ3v) is 4.68. The van der Waals surface area contributed by atoms with Gasteiger partial charge in [-0.05, 0) is 44.4 Å². The molecule has 1 aliphatic rings. The molecule has 0 radical (unpaired) electrons. The number of carboxylic acids is 1. The Morgan fingerprint density at radius 1 is 1.30 bits per heavy atom. The topological polar surface area (TPSA) is 78.4 Å². The van der Waals surface area contributed by atoms with Crippen LogP contribution in [0.5, 0.6) is 0 Å². The maximum Gasteiger partial charge on any atom is 0.315 e. The Morgan fingerprint density at radius 3 is 2.45 bits per heavy atom. The van der Waals surface area contributed by atoms with Crippen molar-refractivity contribution in [3.05, 3.63) is 0 Å². The molecule has 0 bridgehead atoms. The summed E-state index contributed by atoms with van der Waals surface area (Å²) in [5, 5.41) is 14.9. The van der Waals surface area contributed by atoms with Crippen molar-refractivity contribution in [2.75, 3.05) is 6.54 Å². The van der Waals surface area contributed by atoms with Crippen LogP contribution >= 0.6 is 0 Å². The zero-order chi connectivity index (χ0) is 15.3. The zero-order valence-electron chi connectivity index (χ0n) is 13.0. The Kier molecular flexibility index (Phi) is 5.84. The average Bonchev–Trinajstić information content (AvgIpc) is 2.39. The lowest BCUT2D eigenvalue weighted by Gasteiger charge is -2.33. The monoisotopic (exact) mass is 284 g/mol. The number of rotatable bonds is 5. The SMILES string of the molecule is CCC(C)(CNC(=O)NC1CCC(C)CC1C)C(=O)O. The first-order valence-corrected chi connectivity index (χ1v) is 7.56. The van der Waals surface area contributed by atoms with Crippen molar-refractivity contribution < 1.29 is 14.7 Å². The molecule has 1 rings (SSSR count). The fraction of sp³-hybridized carbons (Fsp3) is 0.867. The van der Waals surface area contributed by atoms with E-state index in [-0.39, 0.29) is 18.6 Å². The van der Waals surface area contributed by atoms with E-state index in [1.54, 1.807) is 6.92 Å². The molecule has 0 saturated heterocycles. The number of hydrogen-bond donors (Lipinski definition) is 3. The van der Waals surface area contributed by atoms with Crippen molar-refractivity contribution in [3.63, 3.8) is 0 Å². The van der Waals surface area contributed by atoms with Gasteiger partial charge in [0.25, 0.3) is 0 Å². The van der Waals surface area contributed by atoms with Gasteiger partial charge in [-0.25, -0.2) is 4.79 Å². The summed E-state index contributed by atoms with van der Waals surface area (Å²) in [6.45, 7) is 8.03. The predicted molar refractivity (Wildman–Crippen MR) is 78.5 cm³/mol. The largest absolute Gasteiger partial charge is 0.481 e. The van der Waals surface area contributed by atoms with E-state index in [2.05, 4.69) is 24.5 Å². The molecular weight excluding hydrogens is 256 g/mol. The van der Waals surface area contributed by atoms with Crippen LogP contribution in [0, 0.1) is 17.3 Å². The molecule has 1 aliphatic carbocycles. The summed E-state index contributed by atoms with van der Waals surface area (Å²) in [5.74, 6) is 0.322. The molecule has 1 saturated carbocycles. The highest BCUT2D eigenvalue weighted by Crippen LogP contribution is 2.28. The van der Waals surface area contributed by atoms with Crippen LogP contribution < -0.4 is 10.6 Å². The number of amides is 2. The lowest BCUT2D eigenvalue weighted by atomic mass is 9.80. The van der Waals surface area contributed by atoms with Gasteiger partial charge in [0.1, 0.15) is 0 Å². The second-order valence-electron chi connectivity index (χ2n) is 6.55. The standard InChI is InChI=1S/C15H28N2O3/c1-5-15(4,13(18)19)9-16-14(20)17-12-7-6-10(2)8-11(12)3/h10-12H,5-9H2,1-4H3,(H,18,19)(H2,16,17,20). The van der Waals surface area contributed by atoms with Gasteiger partial charge in [0.05, 0.1) is 5.41 Å². The lowest BCUT2D eigenvalue weighted by Crippen LogP contribution is -2.50. The highest BCUT2D eigenvalue weighted by molar-refractivity contribution is 5.77. The molecule has 20 heavy (non-hydrogen) atoms. The van der Waals surface area contributed by atoms with Gasteiger partial charge in [0.2, 0.25) is 0 Å². The maximum atomic E-state index is 11.9. The second-order valence-corrected chi connectivity index (χ2v) is 6.55. The van der Waals surface area contributed by atoms with E-state index in [1.807, 2.05) is 6.92 Å². The van der Waals surface area contributed by atoms with Crippen molar-refractivity contribution >= 4 is 12.0 Å². The second kappa shape index (κ2) is 6.95. The summed E-state index contributed by atoms with van der Waals surface area (Å²) in [5.41, 5.74) is -0.899.